The molecule has 10 heteroatoms. The van der Waals surface area contributed by atoms with Crippen LogP contribution in [0.5, 0.6) is 11.5 Å². The number of hydrogen-bond acceptors (Lipinski definition) is 8. The van der Waals surface area contributed by atoms with Gasteiger partial charge in [0.1, 0.15) is 0 Å². The molecule has 0 aliphatic carbocycles. The molecule has 0 spiro atoms. The van der Waals surface area contributed by atoms with Gasteiger partial charge in [-0.1, -0.05) is 30.3 Å². The molecule has 3 aromatic carbocycles. The predicted octanol–water partition coefficient (Wildman–Crippen LogP) is 3.40. The molecule has 3 rings (SSSR count). The Morgan fingerprint density at radius 1 is 1.09 bits per heavy atom. The van der Waals surface area contributed by atoms with Crippen molar-refractivity contribution in [1.29, 1.82) is 0 Å². The highest BCUT2D eigenvalue weighted by Gasteiger charge is 2.17. The zero-order valence-electron chi connectivity index (χ0n) is 18.1. The monoisotopic (exact) mass is 463 g/mol. The summed E-state index contributed by atoms with van der Waals surface area (Å²) in [5.74, 6) is -0.996. The molecule has 0 aliphatic rings. The standard InChI is InChI=1S/C24H21N3O7/c1-2-33-21-14-16(15-25-26-23(29)22(28)17-6-4-3-5-7-17)8-13-20(21)34-24(30)18-9-11-19(12-10-18)27(31)32/h3-15,22,28H,2H2,1H3,(H,26,29). The number of ether oxygens (including phenoxy) is 2. The van der Waals surface area contributed by atoms with Gasteiger partial charge in [0.2, 0.25) is 0 Å². The Kier molecular flexibility index (Phi) is 8.03. The number of aliphatic hydroxyl groups is 1. The van der Waals surface area contributed by atoms with Crippen LogP contribution in [0, 0.1) is 10.1 Å². The molecule has 1 atom stereocenters. The zero-order chi connectivity index (χ0) is 24.5. The highest BCUT2D eigenvalue weighted by Crippen LogP contribution is 2.29. The molecule has 2 N–H and O–H groups in total. The minimum Gasteiger partial charge on any atom is -0.490 e. The van der Waals surface area contributed by atoms with E-state index in [4.69, 9.17) is 9.47 Å². The van der Waals surface area contributed by atoms with Gasteiger partial charge in [0.05, 0.1) is 23.3 Å². The van der Waals surface area contributed by atoms with Gasteiger partial charge in [0.25, 0.3) is 11.6 Å². The number of rotatable bonds is 9. The first kappa shape index (κ1) is 24.1. The molecule has 0 aromatic heterocycles. The molecule has 34 heavy (non-hydrogen) atoms. The highest BCUT2D eigenvalue weighted by atomic mass is 16.6. The number of amides is 1. The van der Waals surface area contributed by atoms with Gasteiger partial charge in [-0.05, 0) is 48.4 Å². The van der Waals surface area contributed by atoms with Gasteiger partial charge < -0.3 is 14.6 Å². The number of nitro groups is 1. The number of hydrazone groups is 1. The maximum Gasteiger partial charge on any atom is 0.343 e. The van der Waals surface area contributed by atoms with Crippen molar-refractivity contribution in [2.75, 3.05) is 6.61 Å². The molecule has 0 fully saturated rings. The SMILES string of the molecule is CCOc1cc(C=NNC(=O)C(O)c2ccccc2)ccc1OC(=O)c1ccc([N+](=O)[O-])cc1. The van der Waals surface area contributed by atoms with E-state index in [1.807, 2.05) is 0 Å². The van der Waals surface area contributed by atoms with Crippen LogP contribution in [0.15, 0.2) is 77.9 Å². The van der Waals surface area contributed by atoms with E-state index in [9.17, 15) is 24.8 Å². The van der Waals surface area contributed by atoms with Crippen LogP contribution in [0.4, 0.5) is 5.69 Å². The summed E-state index contributed by atoms with van der Waals surface area (Å²) in [4.78, 5) is 34.7. The summed E-state index contributed by atoms with van der Waals surface area (Å²) in [7, 11) is 0. The fourth-order valence-electron chi connectivity index (χ4n) is 2.85. The number of esters is 1. The molecular formula is C24H21N3O7. The van der Waals surface area contributed by atoms with Crippen LogP contribution in [-0.4, -0.2) is 34.7 Å². The Morgan fingerprint density at radius 2 is 1.79 bits per heavy atom. The van der Waals surface area contributed by atoms with Crippen molar-refractivity contribution >= 4 is 23.8 Å². The summed E-state index contributed by atoms with van der Waals surface area (Å²) in [5.41, 5.74) is 3.24. The third-order valence-corrected chi connectivity index (χ3v) is 4.54. The van der Waals surface area contributed by atoms with Crippen LogP contribution in [0.3, 0.4) is 0 Å². The summed E-state index contributed by atoms with van der Waals surface area (Å²) in [6.07, 6.45) is -0.0152. The van der Waals surface area contributed by atoms with E-state index in [2.05, 4.69) is 10.5 Å². The minimum absolute atomic E-state index is 0.137. The molecule has 0 saturated carbocycles. The second-order valence-corrected chi connectivity index (χ2v) is 6.88. The lowest BCUT2D eigenvalue weighted by atomic mass is 10.1. The van der Waals surface area contributed by atoms with Gasteiger partial charge in [-0.3, -0.25) is 14.9 Å². The van der Waals surface area contributed by atoms with Crippen LogP contribution in [0.1, 0.15) is 34.5 Å². The van der Waals surface area contributed by atoms with Crippen molar-refractivity contribution in [3.8, 4) is 11.5 Å². The molecule has 3 aromatic rings. The Balaban J connectivity index is 1.67. The molecule has 0 saturated heterocycles. The number of nitro benzene ring substituents is 1. The van der Waals surface area contributed by atoms with Gasteiger partial charge in [0, 0.05) is 12.1 Å². The van der Waals surface area contributed by atoms with Gasteiger partial charge >= 0.3 is 5.97 Å². The fraction of sp³-hybridized carbons (Fsp3) is 0.125. The number of aliphatic hydroxyl groups excluding tert-OH is 1. The fourth-order valence-corrected chi connectivity index (χ4v) is 2.85. The van der Waals surface area contributed by atoms with E-state index in [0.29, 0.717) is 17.7 Å². The topological polar surface area (TPSA) is 140 Å². The second kappa shape index (κ2) is 11.3. The first-order valence-electron chi connectivity index (χ1n) is 10.2. The molecule has 0 aliphatic heterocycles. The predicted molar refractivity (Wildman–Crippen MR) is 123 cm³/mol. The van der Waals surface area contributed by atoms with E-state index < -0.39 is 22.9 Å². The number of non-ortho nitro benzene ring substituents is 1. The van der Waals surface area contributed by atoms with Crippen LogP contribution >= 0.6 is 0 Å². The third kappa shape index (κ3) is 6.24. The summed E-state index contributed by atoms with van der Waals surface area (Å²) >= 11 is 0. The molecule has 1 amide bonds. The Bertz CT molecular complexity index is 1190. The summed E-state index contributed by atoms with van der Waals surface area (Å²) in [6.45, 7) is 2.05. The summed E-state index contributed by atoms with van der Waals surface area (Å²) in [5, 5.41) is 24.7. The Morgan fingerprint density at radius 3 is 2.44 bits per heavy atom. The molecule has 0 radical (unpaired) electrons. The minimum atomic E-state index is -1.36. The molecule has 0 bridgehead atoms. The van der Waals surface area contributed by atoms with Gasteiger partial charge in [0.15, 0.2) is 17.6 Å². The lowest BCUT2D eigenvalue weighted by Crippen LogP contribution is -2.25. The molecule has 1 unspecified atom stereocenters. The zero-order valence-corrected chi connectivity index (χ0v) is 18.1. The van der Waals surface area contributed by atoms with Crippen LogP contribution in [-0.2, 0) is 4.79 Å². The summed E-state index contributed by atoms with van der Waals surface area (Å²) in [6, 6.07) is 18.1. The average Bonchev–Trinajstić information content (AvgIpc) is 2.85. The smallest absolute Gasteiger partial charge is 0.343 e. The third-order valence-electron chi connectivity index (χ3n) is 4.54. The highest BCUT2D eigenvalue weighted by molar-refractivity contribution is 5.92. The number of nitrogens with one attached hydrogen (secondary N) is 1. The van der Waals surface area contributed by atoms with Crippen molar-refractivity contribution in [3.63, 3.8) is 0 Å². The molecule has 174 valence electrons. The Labute approximate surface area is 194 Å². The van der Waals surface area contributed by atoms with Gasteiger partial charge in [-0.15, -0.1) is 0 Å². The largest absolute Gasteiger partial charge is 0.490 e. The number of nitrogens with zero attached hydrogens (tertiary/aromatic N) is 2. The maximum atomic E-state index is 12.4. The lowest BCUT2D eigenvalue weighted by Gasteiger charge is -2.11. The average molecular weight is 463 g/mol. The molecule has 0 heterocycles. The van der Waals surface area contributed by atoms with Crippen LogP contribution in [0.25, 0.3) is 0 Å². The van der Waals surface area contributed by atoms with Crippen molar-refractivity contribution in [2.24, 2.45) is 5.10 Å². The van der Waals surface area contributed by atoms with Crippen LogP contribution < -0.4 is 14.9 Å². The number of hydrogen-bond donors (Lipinski definition) is 2. The number of benzene rings is 3. The van der Waals surface area contributed by atoms with Gasteiger partial charge in [-0.25, -0.2) is 10.2 Å². The molecular weight excluding hydrogens is 442 g/mol. The normalized spacial score (nSPS) is 11.6. The second-order valence-electron chi connectivity index (χ2n) is 6.88. The van der Waals surface area contributed by atoms with Crippen LogP contribution in [0.2, 0.25) is 0 Å². The van der Waals surface area contributed by atoms with Crippen molar-refractivity contribution < 1.29 is 29.1 Å². The van der Waals surface area contributed by atoms with Crippen molar-refractivity contribution in [3.05, 3.63) is 99.6 Å². The Hall–Kier alpha value is -4.57. The molecule has 10 nitrogen and oxygen atoms in total. The number of carbonyl (C=O) groups excluding carboxylic acids is 2. The van der Waals surface area contributed by atoms with E-state index in [-0.39, 0.29) is 22.7 Å². The van der Waals surface area contributed by atoms with Gasteiger partial charge in [-0.2, -0.15) is 5.10 Å². The van der Waals surface area contributed by atoms with E-state index >= 15 is 0 Å². The van der Waals surface area contributed by atoms with Crippen molar-refractivity contribution in [2.45, 2.75) is 13.0 Å². The van der Waals surface area contributed by atoms with Crippen molar-refractivity contribution in [1.82, 2.24) is 5.43 Å². The van der Waals surface area contributed by atoms with E-state index in [0.717, 1.165) is 0 Å². The van der Waals surface area contributed by atoms with E-state index in [1.54, 1.807) is 49.4 Å². The van der Waals surface area contributed by atoms with E-state index in [1.165, 1.54) is 36.5 Å². The summed E-state index contributed by atoms with van der Waals surface area (Å²) < 4.78 is 10.9. The number of carbonyl (C=O) groups is 2. The first-order chi connectivity index (χ1) is 16.4. The quantitative estimate of drug-likeness (QED) is 0.163. The lowest BCUT2D eigenvalue weighted by molar-refractivity contribution is -0.384. The first-order valence-corrected chi connectivity index (χ1v) is 10.2. The maximum absolute atomic E-state index is 12.4.